The van der Waals surface area contributed by atoms with E-state index in [0.717, 1.165) is 0 Å². The van der Waals surface area contributed by atoms with Gasteiger partial charge in [-0.1, -0.05) is 0 Å². The summed E-state index contributed by atoms with van der Waals surface area (Å²) in [6, 6.07) is 0. The number of rotatable bonds is 8. The van der Waals surface area contributed by atoms with Crippen LogP contribution in [0.1, 0.15) is 13.8 Å². The van der Waals surface area contributed by atoms with E-state index >= 15 is 0 Å². The van der Waals surface area contributed by atoms with E-state index in [9.17, 15) is 70.9 Å². The normalized spacial score (nSPS) is 52.7. The monoisotopic (exact) mass is 662 g/mol. The summed E-state index contributed by atoms with van der Waals surface area (Å²) in [5.41, 5.74) is 0. The van der Waals surface area contributed by atoms with Crippen LogP contribution in [0.3, 0.4) is 0 Å². The topological polar surface area (TPSA) is 342 Å². The van der Waals surface area contributed by atoms with E-state index in [4.69, 9.17) is 33.2 Å². The van der Waals surface area contributed by atoms with Crippen LogP contribution in [0.5, 0.6) is 0 Å². The molecule has 4 aliphatic rings. The van der Waals surface area contributed by atoms with Crippen molar-refractivity contribution in [3.8, 4) is 0 Å². The molecule has 12 N–H and O–H groups in total. The van der Waals surface area contributed by atoms with Crippen LogP contribution < -0.4 is 0 Å². The van der Waals surface area contributed by atoms with Gasteiger partial charge in [0.15, 0.2) is 37.4 Å². The van der Waals surface area contributed by atoms with Crippen molar-refractivity contribution in [3.05, 3.63) is 0 Å². The van der Waals surface area contributed by atoms with Gasteiger partial charge in [-0.25, -0.2) is 9.59 Å². The molecule has 21 nitrogen and oxygen atoms in total. The molecule has 0 bridgehead atoms. The molecule has 4 rings (SSSR count). The van der Waals surface area contributed by atoms with Gasteiger partial charge in [0, 0.05) is 0 Å². The van der Waals surface area contributed by atoms with E-state index in [1.54, 1.807) is 0 Å². The Hall–Kier alpha value is -1.74. The summed E-state index contributed by atoms with van der Waals surface area (Å²) < 4.78 is 37.2. The molecule has 20 unspecified atom stereocenters. The van der Waals surface area contributed by atoms with Gasteiger partial charge in [0.1, 0.15) is 73.2 Å². The molecule has 0 spiro atoms. The number of carboxylic acids is 2. The van der Waals surface area contributed by atoms with Crippen molar-refractivity contribution in [3.63, 3.8) is 0 Å². The highest BCUT2D eigenvalue weighted by Crippen LogP contribution is 2.34. The molecule has 0 aromatic heterocycles. The molecule has 4 aliphatic heterocycles. The quantitative estimate of drug-likeness (QED) is 0.115. The fourth-order valence-corrected chi connectivity index (χ4v) is 5.35. The molecule has 21 heteroatoms. The second kappa shape index (κ2) is 14.2. The van der Waals surface area contributed by atoms with Crippen molar-refractivity contribution >= 4 is 11.9 Å². The predicted octanol–water partition coefficient (Wildman–Crippen LogP) is -7.51. The first-order valence-electron chi connectivity index (χ1n) is 13.8. The first-order valence-corrected chi connectivity index (χ1v) is 13.8. The lowest BCUT2D eigenvalue weighted by atomic mass is 9.96. The Morgan fingerprint density at radius 1 is 0.444 bits per heavy atom. The Morgan fingerprint density at radius 2 is 0.867 bits per heavy atom. The van der Waals surface area contributed by atoms with Crippen LogP contribution in [0.2, 0.25) is 0 Å². The number of aliphatic hydroxyl groups is 10. The first-order chi connectivity index (χ1) is 21.0. The molecule has 45 heavy (non-hydrogen) atoms. The van der Waals surface area contributed by atoms with Crippen LogP contribution in [0.15, 0.2) is 0 Å². The largest absolute Gasteiger partial charge is 0.479 e. The molecular weight excluding hydrogens is 624 g/mol. The number of ether oxygens (including phenoxy) is 7. The molecule has 0 aliphatic carbocycles. The summed E-state index contributed by atoms with van der Waals surface area (Å²) in [6.07, 6.45) is -38.2. The van der Waals surface area contributed by atoms with Gasteiger partial charge < -0.3 is 94.4 Å². The van der Waals surface area contributed by atoms with Gasteiger partial charge in [-0.15, -0.1) is 0 Å². The highest BCUT2D eigenvalue weighted by molar-refractivity contribution is 5.74. The van der Waals surface area contributed by atoms with Gasteiger partial charge in [0.25, 0.3) is 0 Å². The maximum Gasteiger partial charge on any atom is 0.335 e. The molecule has 260 valence electrons. The predicted molar refractivity (Wildman–Crippen MR) is 132 cm³/mol. The Bertz CT molecular complexity index is 1030. The van der Waals surface area contributed by atoms with E-state index in [1.807, 2.05) is 0 Å². The fourth-order valence-electron chi connectivity index (χ4n) is 5.35. The SMILES string of the molecule is CC1OC(O)C(OC2OC(C(=O)O)C(OC3OC(C)C(O)C(O)C3OC3OC(C(=O)O)C(O)C(O)C3O)C(O)C2O)C(O)C1O. The lowest BCUT2D eigenvalue weighted by Gasteiger charge is -2.48. The van der Waals surface area contributed by atoms with Crippen LogP contribution >= 0.6 is 0 Å². The van der Waals surface area contributed by atoms with E-state index in [-0.39, 0.29) is 0 Å². The highest BCUT2D eigenvalue weighted by Gasteiger charge is 2.56. The van der Waals surface area contributed by atoms with E-state index < -0.39 is 135 Å². The third kappa shape index (κ3) is 7.09. The van der Waals surface area contributed by atoms with Crippen LogP contribution in [0, 0.1) is 0 Å². The second-order valence-corrected chi connectivity index (χ2v) is 11.2. The Kier molecular flexibility index (Phi) is 11.4. The van der Waals surface area contributed by atoms with E-state index in [2.05, 4.69) is 0 Å². The van der Waals surface area contributed by atoms with Crippen molar-refractivity contribution in [2.75, 3.05) is 0 Å². The zero-order valence-corrected chi connectivity index (χ0v) is 23.6. The molecule has 4 fully saturated rings. The number of hydrogen-bond donors (Lipinski definition) is 12. The molecule has 0 saturated carbocycles. The van der Waals surface area contributed by atoms with Crippen LogP contribution in [-0.4, -0.2) is 196 Å². The van der Waals surface area contributed by atoms with Crippen LogP contribution in [0.4, 0.5) is 0 Å². The van der Waals surface area contributed by atoms with Crippen molar-refractivity contribution in [1.82, 2.24) is 0 Å². The zero-order valence-electron chi connectivity index (χ0n) is 23.6. The molecule has 0 aromatic carbocycles. The third-order valence-corrected chi connectivity index (χ3v) is 8.06. The summed E-state index contributed by atoms with van der Waals surface area (Å²) in [5, 5.41) is 123. The number of carbonyl (C=O) groups is 2. The van der Waals surface area contributed by atoms with Crippen molar-refractivity contribution in [1.29, 1.82) is 0 Å². The third-order valence-electron chi connectivity index (χ3n) is 8.06. The number of carboxylic acid groups (broad SMARTS) is 2. The molecule has 4 saturated heterocycles. The van der Waals surface area contributed by atoms with Gasteiger partial charge in [-0.2, -0.15) is 0 Å². The smallest absolute Gasteiger partial charge is 0.335 e. The summed E-state index contributed by atoms with van der Waals surface area (Å²) in [6.45, 7) is 2.59. The average Bonchev–Trinajstić information content (AvgIpc) is 2.97. The summed E-state index contributed by atoms with van der Waals surface area (Å²) in [4.78, 5) is 23.6. The summed E-state index contributed by atoms with van der Waals surface area (Å²) in [5.74, 6) is -3.56. The highest BCUT2D eigenvalue weighted by atomic mass is 16.8. The van der Waals surface area contributed by atoms with Crippen molar-refractivity contribution in [2.24, 2.45) is 0 Å². The Balaban J connectivity index is 1.55. The first kappa shape index (κ1) is 36.1. The fraction of sp³-hybridized carbons (Fsp3) is 0.917. The van der Waals surface area contributed by atoms with E-state index in [0.29, 0.717) is 0 Å². The van der Waals surface area contributed by atoms with E-state index in [1.165, 1.54) is 13.8 Å². The molecule has 0 radical (unpaired) electrons. The molecule has 4 heterocycles. The van der Waals surface area contributed by atoms with Gasteiger partial charge in [-0.05, 0) is 13.8 Å². The average molecular weight is 663 g/mol. The van der Waals surface area contributed by atoms with Crippen LogP contribution in [-0.2, 0) is 42.7 Å². The number of hydrogen-bond acceptors (Lipinski definition) is 19. The van der Waals surface area contributed by atoms with Gasteiger partial charge in [0.2, 0.25) is 0 Å². The van der Waals surface area contributed by atoms with Gasteiger partial charge >= 0.3 is 11.9 Å². The maximum absolute atomic E-state index is 12.2. The maximum atomic E-state index is 12.2. The minimum atomic E-state index is -2.21. The van der Waals surface area contributed by atoms with Crippen molar-refractivity contribution < 1.29 is 104 Å². The Morgan fingerprint density at radius 3 is 1.42 bits per heavy atom. The number of aliphatic carboxylic acids is 2. The Labute approximate surface area is 253 Å². The zero-order chi connectivity index (χ0) is 33.7. The summed E-state index contributed by atoms with van der Waals surface area (Å²) in [7, 11) is 0. The summed E-state index contributed by atoms with van der Waals surface area (Å²) >= 11 is 0. The molecule has 0 amide bonds. The molecular formula is C24H38O21. The standard InChI is InChI=1S/C24H38O21/c1-3-5(25)8(28)16(21(38)39-3)43-23-13(33)11(31)14(18(45-23)20(36)37)41-24-17(9(29)6(26)4(2)40-24)44-22-12(32)7(27)10(30)15(42-22)19(34)35/h3-18,21-33,38H,1-2H3,(H,34,35)(H,36,37). The number of aliphatic hydroxyl groups excluding tert-OH is 10. The molecule has 0 aromatic rings. The van der Waals surface area contributed by atoms with Crippen molar-refractivity contribution in [2.45, 2.75) is 137 Å². The van der Waals surface area contributed by atoms with Gasteiger partial charge in [-0.3, -0.25) is 0 Å². The minimum absolute atomic E-state index is 1.03. The molecule has 20 atom stereocenters. The minimum Gasteiger partial charge on any atom is -0.479 e. The lowest BCUT2D eigenvalue weighted by molar-refractivity contribution is -0.389. The van der Waals surface area contributed by atoms with Gasteiger partial charge in [0.05, 0.1) is 12.2 Å². The second-order valence-electron chi connectivity index (χ2n) is 11.2. The van der Waals surface area contributed by atoms with Crippen LogP contribution in [0.25, 0.3) is 0 Å². The lowest BCUT2D eigenvalue weighted by Crippen LogP contribution is -2.67.